The van der Waals surface area contributed by atoms with E-state index in [2.05, 4.69) is 0 Å². The molecule has 4 N–H and O–H groups in total. The minimum Gasteiger partial charge on any atom is -0.427 e. The summed E-state index contributed by atoms with van der Waals surface area (Å²) in [6.07, 6.45) is 4.18. The van der Waals surface area contributed by atoms with E-state index in [-0.39, 0.29) is 0 Å². The van der Waals surface area contributed by atoms with Crippen molar-refractivity contribution in [2.45, 2.75) is 38.3 Å². The van der Waals surface area contributed by atoms with Gasteiger partial charge in [0.15, 0.2) is 0 Å². The molecule has 0 aliphatic heterocycles. The van der Waals surface area contributed by atoms with Crippen molar-refractivity contribution in [3.63, 3.8) is 0 Å². The molecule has 0 aromatic carbocycles. The van der Waals surface area contributed by atoms with Gasteiger partial charge in [0.1, 0.15) is 0 Å². The molecule has 0 aliphatic carbocycles. The van der Waals surface area contributed by atoms with Crippen LogP contribution in [0.25, 0.3) is 0 Å². The molecule has 0 aliphatic rings. The zero-order valence-corrected chi connectivity index (χ0v) is 7.19. The van der Waals surface area contributed by atoms with Crippen molar-refractivity contribution in [2.24, 2.45) is 0 Å². The molecule has 0 rings (SSSR count). The summed E-state index contributed by atoms with van der Waals surface area (Å²) in [5.74, 6) is 0. The van der Waals surface area contributed by atoms with Gasteiger partial charge < -0.3 is 20.1 Å². The Morgan fingerprint density at radius 2 is 0.917 bits per heavy atom. The second-order valence-electron chi connectivity index (χ2n) is 2.95. The highest BCUT2D eigenvalue weighted by atomic mass is 16.4. The molecular formula is C6H16B2O4. The van der Waals surface area contributed by atoms with Crippen LogP contribution < -0.4 is 0 Å². The van der Waals surface area contributed by atoms with Gasteiger partial charge >= 0.3 is 14.2 Å². The van der Waals surface area contributed by atoms with E-state index in [1.807, 2.05) is 0 Å². The van der Waals surface area contributed by atoms with Gasteiger partial charge in [-0.3, -0.25) is 0 Å². The number of rotatable bonds is 7. The highest BCUT2D eigenvalue weighted by molar-refractivity contribution is 6.41. The highest BCUT2D eigenvalue weighted by Crippen LogP contribution is 2.07. The van der Waals surface area contributed by atoms with Gasteiger partial charge in [-0.15, -0.1) is 0 Å². The SMILES string of the molecule is OB(O)CCCCCCB(O)O. The van der Waals surface area contributed by atoms with Gasteiger partial charge in [0, 0.05) is 0 Å². The molecule has 0 bridgehead atoms. The van der Waals surface area contributed by atoms with Crippen molar-refractivity contribution in [3.8, 4) is 0 Å². The number of hydrogen-bond donors (Lipinski definition) is 4. The maximum absolute atomic E-state index is 8.47. The summed E-state index contributed by atoms with van der Waals surface area (Å²) in [6, 6.07) is 0. The van der Waals surface area contributed by atoms with Crippen molar-refractivity contribution in [3.05, 3.63) is 0 Å². The molecule has 0 aromatic rings. The van der Waals surface area contributed by atoms with Crippen molar-refractivity contribution < 1.29 is 20.1 Å². The molecule has 0 radical (unpaired) electrons. The molecule has 0 saturated carbocycles. The lowest BCUT2D eigenvalue weighted by atomic mass is 9.81. The minimum absolute atomic E-state index is 0.404. The summed E-state index contributed by atoms with van der Waals surface area (Å²) < 4.78 is 0. The summed E-state index contributed by atoms with van der Waals surface area (Å²) in [6.45, 7) is 0. The largest absolute Gasteiger partial charge is 0.451 e. The van der Waals surface area contributed by atoms with E-state index in [9.17, 15) is 0 Å². The van der Waals surface area contributed by atoms with Gasteiger partial charge in [-0.05, 0) is 12.6 Å². The Morgan fingerprint density at radius 1 is 0.583 bits per heavy atom. The van der Waals surface area contributed by atoms with Gasteiger partial charge in [-0.25, -0.2) is 0 Å². The summed E-state index contributed by atoms with van der Waals surface area (Å²) in [7, 11) is -2.40. The molecule has 6 heteroatoms. The molecule has 0 amide bonds. The monoisotopic (exact) mass is 174 g/mol. The molecule has 0 fully saturated rings. The first-order valence-corrected chi connectivity index (χ1v) is 4.35. The third-order valence-corrected chi connectivity index (χ3v) is 1.67. The zero-order chi connectivity index (χ0) is 9.40. The van der Waals surface area contributed by atoms with E-state index in [1.165, 1.54) is 0 Å². The third-order valence-electron chi connectivity index (χ3n) is 1.67. The predicted octanol–water partition coefficient (Wildman–Crippen LogP) is -0.508. The minimum atomic E-state index is -1.20. The lowest BCUT2D eigenvalue weighted by molar-refractivity contribution is 0.396. The fourth-order valence-corrected chi connectivity index (χ4v) is 1.01. The summed E-state index contributed by atoms with van der Waals surface area (Å²) in [4.78, 5) is 0. The molecule has 0 saturated heterocycles. The molecule has 0 atom stereocenters. The van der Waals surface area contributed by atoms with Crippen LogP contribution in [0, 0.1) is 0 Å². The van der Waals surface area contributed by atoms with Crippen LogP contribution in [0.4, 0.5) is 0 Å². The summed E-state index contributed by atoms with van der Waals surface area (Å²) in [5.41, 5.74) is 0. The second kappa shape index (κ2) is 7.61. The van der Waals surface area contributed by atoms with Gasteiger partial charge in [0.2, 0.25) is 0 Å². The van der Waals surface area contributed by atoms with E-state index in [1.54, 1.807) is 0 Å². The molecule has 12 heavy (non-hydrogen) atoms. The number of hydrogen-bond acceptors (Lipinski definition) is 4. The highest BCUT2D eigenvalue weighted by Gasteiger charge is 2.06. The van der Waals surface area contributed by atoms with Crippen LogP contribution in [0.5, 0.6) is 0 Å². The Hall–Kier alpha value is -0.0301. The fourth-order valence-electron chi connectivity index (χ4n) is 1.01. The second-order valence-corrected chi connectivity index (χ2v) is 2.95. The maximum Gasteiger partial charge on any atom is 0.451 e. The smallest absolute Gasteiger partial charge is 0.427 e. The standard InChI is InChI=1S/C6H16B2O4/c9-7(10)5-3-1-2-4-6-8(11)12/h9-12H,1-6H2. The van der Waals surface area contributed by atoms with Crippen LogP contribution in [-0.4, -0.2) is 34.3 Å². The van der Waals surface area contributed by atoms with Gasteiger partial charge in [-0.2, -0.15) is 0 Å². The molecule has 0 spiro atoms. The van der Waals surface area contributed by atoms with Crippen molar-refractivity contribution in [2.75, 3.05) is 0 Å². The molecule has 0 aromatic heterocycles. The Bertz CT molecular complexity index is 87.5. The third kappa shape index (κ3) is 9.97. The van der Waals surface area contributed by atoms with Crippen LogP contribution >= 0.6 is 0 Å². The first-order valence-electron chi connectivity index (χ1n) is 4.35. The lowest BCUT2D eigenvalue weighted by Crippen LogP contribution is -2.10. The maximum atomic E-state index is 8.47. The summed E-state index contributed by atoms with van der Waals surface area (Å²) in [5, 5.41) is 33.9. The van der Waals surface area contributed by atoms with Crippen molar-refractivity contribution in [1.29, 1.82) is 0 Å². The first kappa shape index (κ1) is 12.0. The molecule has 0 unspecified atom stereocenters. The van der Waals surface area contributed by atoms with Crippen LogP contribution in [-0.2, 0) is 0 Å². The average molecular weight is 174 g/mol. The van der Waals surface area contributed by atoms with E-state index in [0.717, 1.165) is 25.7 Å². The van der Waals surface area contributed by atoms with E-state index in [4.69, 9.17) is 20.1 Å². The Morgan fingerprint density at radius 3 is 1.17 bits per heavy atom. The lowest BCUT2D eigenvalue weighted by Gasteiger charge is -2.00. The average Bonchev–Trinajstić information content (AvgIpc) is 1.95. The van der Waals surface area contributed by atoms with Crippen LogP contribution in [0.3, 0.4) is 0 Å². The first-order chi connectivity index (χ1) is 5.63. The predicted molar refractivity (Wildman–Crippen MR) is 48.5 cm³/mol. The van der Waals surface area contributed by atoms with E-state index >= 15 is 0 Å². The topological polar surface area (TPSA) is 80.9 Å². The van der Waals surface area contributed by atoms with Gasteiger partial charge in [0.05, 0.1) is 0 Å². The molecule has 4 nitrogen and oxygen atoms in total. The van der Waals surface area contributed by atoms with E-state index < -0.39 is 14.2 Å². The molecule has 70 valence electrons. The van der Waals surface area contributed by atoms with Gasteiger partial charge in [0.25, 0.3) is 0 Å². The van der Waals surface area contributed by atoms with E-state index in [0.29, 0.717) is 12.6 Å². The quantitative estimate of drug-likeness (QED) is 0.309. The van der Waals surface area contributed by atoms with Crippen LogP contribution in [0.1, 0.15) is 25.7 Å². The number of unbranched alkanes of at least 4 members (excludes halogenated alkanes) is 3. The van der Waals surface area contributed by atoms with Gasteiger partial charge in [-0.1, -0.05) is 25.7 Å². The molecular weight excluding hydrogens is 158 g/mol. The normalized spacial score (nSPS) is 10.0. The van der Waals surface area contributed by atoms with Crippen molar-refractivity contribution >= 4 is 14.2 Å². The summed E-state index contributed by atoms with van der Waals surface area (Å²) >= 11 is 0. The Kier molecular flexibility index (Phi) is 7.59. The molecule has 0 heterocycles. The van der Waals surface area contributed by atoms with Crippen molar-refractivity contribution in [1.82, 2.24) is 0 Å². The zero-order valence-electron chi connectivity index (χ0n) is 7.19. The Balaban J connectivity index is 2.91. The van der Waals surface area contributed by atoms with Crippen LogP contribution in [0.2, 0.25) is 12.6 Å². The Labute approximate surface area is 73.5 Å². The van der Waals surface area contributed by atoms with Crippen LogP contribution in [0.15, 0.2) is 0 Å². The fraction of sp³-hybridized carbons (Fsp3) is 1.00.